The van der Waals surface area contributed by atoms with Crippen LogP contribution in [0.5, 0.6) is 0 Å². The van der Waals surface area contributed by atoms with E-state index in [-0.39, 0.29) is 5.82 Å². The Morgan fingerprint density at radius 1 is 1.07 bits per heavy atom. The van der Waals surface area contributed by atoms with Crippen LogP contribution in [0.15, 0.2) is 48.8 Å². The van der Waals surface area contributed by atoms with Crippen LogP contribution in [-0.2, 0) is 0 Å². The van der Waals surface area contributed by atoms with E-state index in [1.165, 1.54) is 18.9 Å². The number of halogens is 1. The van der Waals surface area contributed by atoms with Gasteiger partial charge in [0, 0.05) is 35.8 Å². The van der Waals surface area contributed by atoms with Crippen molar-refractivity contribution in [2.75, 3.05) is 10.6 Å². The van der Waals surface area contributed by atoms with Gasteiger partial charge in [0.15, 0.2) is 0 Å². The standard InChI is InChI=1S/C21H22FN5/c1-14-11-17(8-9-18(14)22)24-20-12-19(15-5-4-10-23-13-15)26-21(27-20)25-16-6-2-3-7-16/h4-5,8-13,16H,2-3,6-7H2,1H3,(H2,24,25,26,27). The second-order valence-corrected chi connectivity index (χ2v) is 6.92. The Morgan fingerprint density at radius 3 is 2.67 bits per heavy atom. The third-order valence-electron chi connectivity index (χ3n) is 4.80. The highest BCUT2D eigenvalue weighted by Crippen LogP contribution is 2.26. The first-order valence-corrected chi connectivity index (χ1v) is 9.26. The largest absolute Gasteiger partial charge is 0.351 e. The minimum Gasteiger partial charge on any atom is -0.351 e. The van der Waals surface area contributed by atoms with E-state index < -0.39 is 0 Å². The van der Waals surface area contributed by atoms with Gasteiger partial charge < -0.3 is 10.6 Å². The van der Waals surface area contributed by atoms with Crippen molar-refractivity contribution < 1.29 is 4.39 Å². The van der Waals surface area contributed by atoms with Crippen molar-refractivity contribution in [1.82, 2.24) is 15.0 Å². The predicted molar refractivity (Wildman–Crippen MR) is 106 cm³/mol. The number of hydrogen-bond donors (Lipinski definition) is 2. The fourth-order valence-electron chi connectivity index (χ4n) is 3.36. The van der Waals surface area contributed by atoms with Gasteiger partial charge in [0.25, 0.3) is 0 Å². The van der Waals surface area contributed by atoms with E-state index in [2.05, 4.69) is 25.6 Å². The van der Waals surface area contributed by atoms with Crippen LogP contribution >= 0.6 is 0 Å². The molecule has 0 radical (unpaired) electrons. The van der Waals surface area contributed by atoms with E-state index in [1.807, 2.05) is 18.2 Å². The van der Waals surface area contributed by atoms with E-state index in [0.29, 0.717) is 23.4 Å². The molecule has 1 fully saturated rings. The molecule has 0 aliphatic heterocycles. The Morgan fingerprint density at radius 2 is 1.93 bits per heavy atom. The number of aromatic nitrogens is 3. The van der Waals surface area contributed by atoms with Crippen molar-refractivity contribution in [3.8, 4) is 11.3 Å². The summed E-state index contributed by atoms with van der Waals surface area (Å²) in [5.74, 6) is 1.04. The van der Waals surface area contributed by atoms with Crippen molar-refractivity contribution in [1.29, 1.82) is 0 Å². The zero-order chi connectivity index (χ0) is 18.6. The van der Waals surface area contributed by atoms with Gasteiger partial charge in [0.2, 0.25) is 5.95 Å². The van der Waals surface area contributed by atoms with Crippen molar-refractivity contribution in [3.05, 3.63) is 60.2 Å². The highest BCUT2D eigenvalue weighted by Gasteiger charge is 2.17. The molecule has 3 aromatic rings. The first-order valence-electron chi connectivity index (χ1n) is 9.26. The first-order chi connectivity index (χ1) is 13.2. The fraction of sp³-hybridized carbons (Fsp3) is 0.286. The molecule has 1 aliphatic carbocycles. The average molecular weight is 363 g/mol. The number of nitrogens with one attached hydrogen (secondary N) is 2. The third-order valence-corrected chi connectivity index (χ3v) is 4.80. The van der Waals surface area contributed by atoms with Crippen LogP contribution in [0.2, 0.25) is 0 Å². The lowest BCUT2D eigenvalue weighted by atomic mass is 10.2. The normalized spacial score (nSPS) is 14.3. The highest BCUT2D eigenvalue weighted by atomic mass is 19.1. The Hall–Kier alpha value is -3.02. The van der Waals surface area contributed by atoms with Crippen LogP contribution in [0.3, 0.4) is 0 Å². The number of nitrogens with zero attached hydrogens (tertiary/aromatic N) is 3. The minimum absolute atomic E-state index is 0.220. The maximum atomic E-state index is 13.5. The molecule has 1 saturated carbocycles. The minimum atomic E-state index is -0.220. The van der Waals surface area contributed by atoms with Gasteiger partial charge in [-0.05, 0) is 55.7 Å². The smallest absolute Gasteiger partial charge is 0.225 e. The van der Waals surface area contributed by atoms with Gasteiger partial charge in [-0.1, -0.05) is 12.8 Å². The van der Waals surface area contributed by atoms with Crippen molar-refractivity contribution in [2.45, 2.75) is 38.6 Å². The molecule has 5 nitrogen and oxygen atoms in total. The molecule has 0 bridgehead atoms. The maximum absolute atomic E-state index is 13.5. The lowest BCUT2D eigenvalue weighted by molar-refractivity contribution is 0.619. The molecule has 138 valence electrons. The maximum Gasteiger partial charge on any atom is 0.225 e. The zero-order valence-electron chi connectivity index (χ0n) is 15.2. The number of hydrogen-bond acceptors (Lipinski definition) is 5. The molecule has 6 heteroatoms. The molecule has 1 aliphatic rings. The number of rotatable bonds is 5. The van der Waals surface area contributed by atoms with Crippen molar-refractivity contribution in [2.24, 2.45) is 0 Å². The monoisotopic (exact) mass is 363 g/mol. The van der Waals surface area contributed by atoms with Crippen LogP contribution in [0, 0.1) is 12.7 Å². The third kappa shape index (κ3) is 4.22. The molecule has 0 unspecified atom stereocenters. The fourth-order valence-corrected chi connectivity index (χ4v) is 3.36. The molecule has 2 aromatic heterocycles. The Bertz CT molecular complexity index is 923. The van der Waals surface area contributed by atoms with E-state index in [1.54, 1.807) is 31.5 Å². The van der Waals surface area contributed by atoms with Crippen LogP contribution in [0.4, 0.5) is 21.8 Å². The number of pyridine rings is 1. The summed E-state index contributed by atoms with van der Waals surface area (Å²) in [6.07, 6.45) is 8.27. The quantitative estimate of drug-likeness (QED) is 0.661. The Balaban J connectivity index is 1.67. The molecule has 0 atom stereocenters. The molecular weight excluding hydrogens is 341 g/mol. The van der Waals surface area contributed by atoms with E-state index in [4.69, 9.17) is 0 Å². The second-order valence-electron chi connectivity index (χ2n) is 6.92. The summed E-state index contributed by atoms with van der Waals surface area (Å²) in [6.45, 7) is 1.74. The number of benzene rings is 1. The highest BCUT2D eigenvalue weighted by molar-refractivity contribution is 5.67. The van der Waals surface area contributed by atoms with Crippen molar-refractivity contribution in [3.63, 3.8) is 0 Å². The molecule has 2 N–H and O–H groups in total. The summed E-state index contributed by atoms with van der Waals surface area (Å²) >= 11 is 0. The number of anilines is 3. The lowest BCUT2D eigenvalue weighted by Gasteiger charge is -2.15. The van der Waals surface area contributed by atoms with Crippen molar-refractivity contribution >= 4 is 17.5 Å². The van der Waals surface area contributed by atoms with Gasteiger partial charge in [-0.25, -0.2) is 9.37 Å². The van der Waals surface area contributed by atoms with E-state index >= 15 is 0 Å². The van der Waals surface area contributed by atoms with Gasteiger partial charge in [0.05, 0.1) is 5.69 Å². The SMILES string of the molecule is Cc1cc(Nc2cc(-c3cccnc3)nc(NC3CCCC3)n2)ccc1F. The van der Waals surface area contributed by atoms with Crippen LogP contribution in [0.25, 0.3) is 11.3 Å². The van der Waals surface area contributed by atoms with Crippen LogP contribution in [-0.4, -0.2) is 21.0 Å². The Labute approximate surface area is 158 Å². The van der Waals surface area contributed by atoms with Gasteiger partial charge in [-0.15, -0.1) is 0 Å². The topological polar surface area (TPSA) is 62.7 Å². The zero-order valence-corrected chi connectivity index (χ0v) is 15.2. The summed E-state index contributed by atoms with van der Waals surface area (Å²) < 4.78 is 13.5. The summed E-state index contributed by atoms with van der Waals surface area (Å²) in [6, 6.07) is 11.1. The summed E-state index contributed by atoms with van der Waals surface area (Å²) in [5.41, 5.74) is 3.09. The molecule has 0 amide bonds. The molecule has 0 saturated heterocycles. The molecule has 27 heavy (non-hydrogen) atoms. The van der Waals surface area contributed by atoms with Gasteiger partial charge in [-0.2, -0.15) is 4.98 Å². The van der Waals surface area contributed by atoms with Crippen LogP contribution < -0.4 is 10.6 Å². The Kier molecular flexibility index (Phi) is 4.96. The summed E-state index contributed by atoms with van der Waals surface area (Å²) in [7, 11) is 0. The molecule has 2 heterocycles. The summed E-state index contributed by atoms with van der Waals surface area (Å²) in [4.78, 5) is 13.5. The first kappa shape index (κ1) is 17.4. The average Bonchev–Trinajstić information content (AvgIpc) is 3.18. The molecule has 0 spiro atoms. The predicted octanol–water partition coefficient (Wildman–Crippen LogP) is 5.08. The summed E-state index contributed by atoms with van der Waals surface area (Å²) in [5, 5.41) is 6.72. The molecule has 4 rings (SSSR count). The second kappa shape index (κ2) is 7.70. The van der Waals surface area contributed by atoms with Crippen LogP contribution in [0.1, 0.15) is 31.2 Å². The van der Waals surface area contributed by atoms with Gasteiger partial charge in [-0.3, -0.25) is 4.98 Å². The number of aryl methyl sites for hydroxylation is 1. The van der Waals surface area contributed by atoms with E-state index in [9.17, 15) is 4.39 Å². The lowest BCUT2D eigenvalue weighted by Crippen LogP contribution is -2.17. The molecular formula is C21H22FN5. The van der Waals surface area contributed by atoms with Gasteiger partial charge >= 0.3 is 0 Å². The molecule has 1 aromatic carbocycles. The van der Waals surface area contributed by atoms with E-state index in [0.717, 1.165) is 29.8 Å². The van der Waals surface area contributed by atoms with Gasteiger partial charge in [0.1, 0.15) is 11.6 Å².